The number of aryl methyl sites for hydroxylation is 1. The van der Waals surface area contributed by atoms with Gasteiger partial charge in [0.1, 0.15) is 6.10 Å². The van der Waals surface area contributed by atoms with Gasteiger partial charge in [-0.2, -0.15) is 8.42 Å². The van der Waals surface area contributed by atoms with Crippen molar-refractivity contribution in [3.8, 4) is 0 Å². The monoisotopic (exact) mass is 505 g/mol. The van der Waals surface area contributed by atoms with Gasteiger partial charge in [-0.3, -0.25) is 14.3 Å². The van der Waals surface area contributed by atoms with Crippen LogP contribution in [0.5, 0.6) is 0 Å². The van der Waals surface area contributed by atoms with Crippen LogP contribution in [0.1, 0.15) is 48.8 Å². The molecule has 11 nitrogen and oxygen atoms in total. The molecular weight excluding hydrogens is 478 g/mol. The second-order valence-electron chi connectivity index (χ2n) is 9.10. The minimum atomic E-state index is -4.23. The summed E-state index contributed by atoms with van der Waals surface area (Å²) in [5.74, 6) is -0.566. The Bertz CT molecular complexity index is 1380. The number of H-pyrrole nitrogens is 1. The van der Waals surface area contributed by atoms with E-state index in [-0.39, 0.29) is 22.7 Å². The maximum absolute atomic E-state index is 13.1. The fraction of sp³-hybridized carbons (Fsp3) is 0.435. The van der Waals surface area contributed by atoms with E-state index in [0.29, 0.717) is 12.8 Å². The summed E-state index contributed by atoms with van der Waals surface area (Å²) in [5.41, 5.74) is 3.11. The summed E-state index contributed by atoms with van der Waals surface area (Å²) in [6, 6.07) is 8.05. The Kier molecular flexibility index (Phi) is 6.47. The standard InChI is InChI=1S/C23H27N3O8S/c1-13(2)9-10-17-23(16(24)12-35(30,31)34-23)18(33-21(28)15-7-5-4-6-8-15)20(32-17)26-11-14(3)19(27)25-22(26)29/h4-8,11-13,17-18,20H,9-10,24H2,1-3H3,(H,25,27,29)/t17-,18+,20-,23?/m1/s1. The quantitative estimate of drug-likeness (QED) is 0.436. The predicted molar refractivity (Wildman–Crippen MR) is 125 cm³/mol. The molecule has 4 atom stereocenters. The molecule has 3 heterocycles. The number of nitrogens with two attached hydrogens (primary N) is 1. The number of rotatable bonds is 6. The third kappa shape index (κ3) is 4.56. The Balaban J connectivity index is 1.87. The number of hydrogen-bond acceptors (Lipinski definition) is 9. The Hall–Kier alpha value is -3.22. The lowest BCUT2D eigenvalue weighted by Crippen LogP contribution is -2.54. The largest absolute Gasteiger partial charge is 0.450 e. The first kappa shape index (κ1) is 24.9. The number of hydrogen-bond donors (Lipinski definition) is 2. The zero-order valence-electron chi connectivity index (χ0n) is 19.5. The first-order valence-electron chi connectivity index (χ1n) is 11.1. The van der Waals surface area contributed by atoms with E-state index in [1.807, 2.05) is 13.8 Å². The van der Waals surface area contributed by atoms with Crippen LogP contribution in [0.25, 0.3) is 0 Å². The highest BCUT2D eigenvalue weighted by Gasteiger charge is 2.66. The van der Waals surface area contributed by atoms with Gasteiger partial charge in [0, 0.05) is 11.8 Å². The van der Waals surface area contributed by atoms with Crippen molar-refractivity contribution in [3.05, 3.63) is 79.6 Å². The molecule has 188 valence electrons. The van der Waals surface area contributed by atoms with Gasteiger partial charge in [-0.1, -0.05) is 32.0 Å². The van der Waals surface area contributed by atoms with Crippen LogP contribution in [0.15, 0.2) is 57.2 Å². The summed E-state index contributed by atoms with van der Waals surface area (Å²) in [6.45, 7) is 5.45. The molecule has 4 rings (SSSR count). The Labute approximate surface area is 201 Å². The van der Waals surface area contributed by atoms with Crippen LogP contribution in [0.4, 0.5) is 0 Å². The van der Waals surface area contributed by atoms with Crippen LogP contribution in [-0.4, -0.2) is 41.7 Å². The number of aromatic nitrogens is 2. The molecule has 1 aromatic carbocycles. The zero-order chi connectivity index (χ0) is 25.5. The second-order valence-corrected chi connectivity index (χ2v) is 10.5. The lowest BCUT2D eigenvalue weighted by atomic mass is 9.85. The molecule has 35 heavy (non-hydrogen) atoms. The highest BCUT2D eigenvalue weighted by atomic mass is 32.2. The van der Waals surface area contributed by atoms with Crippen molar-refractivity contribution >= 4 is 16.1 Å². The molecule has 0 radical (unpaired) electrons. The van der Waals surface area contributed by atoms with E-state index >= 15 is 0 Å². The number of nitrogens with one attached hydrogen (secondary N) is 1. The third-order valence-corrected chi connectivity index (χ3v) is 7.16. The van der Waals surface area contributed by atoms with Gasteiger partial charge in [0.2, 0.25) is 0 Å². The minimum absolute atomic E-state index is 0.195. The highest BCUT2D eigenvalue weighted by Crippen LogP contribution is 2.50. The smallest absolute Gasteiger partial charge is 0.338 e. The number of carbonyl (C=O) groups is 1. The van der Waals surface area contributed by atoms with E-state index in [2.05, 4.69) is 4.98 Å². The summed E-state index contributed by atoms with van der Waals surface area (Å²) in [5, 5.41) is 0.769. The lowest BCUT2D eigenvalue weighted by molar-refractivity contribution is -0.0546. The molecular formula is C23H27N3O8S. The molecule has 0 amide bonds. The van der Waals surface area contributed by atoms with Crippen LogP contribution in [0.3, 0.4) is 0 Å². The average Bonchev–Trinajstić information content (AvgIpc) is 3.22. The summed E-state index contributed by atoms with van der Waals surface area (Å²) >= 11 is 0. The molecule has 2 aromatic rings. The van der Waals surface area contributed by atoms with E-state index < -0.39 is 51.4 Å². The van der Waals surface area contributed by atoms with E-state index in [1.54, 1.807) is 18.2 Å². The zero-order valence-corrected chi connectivity index (χ0v) is 20.3. The molecule has 0 saturated carbocycles. The topological polar surface area (TPSA) is 160 Å². The van der Waals surface area contributed by atoms with Crippen molar-refractivity contribution in [2.45, 2.75) is 57.6 Å². The molecule has 1 unspecified atom stereocenters. The fourth-order valence-corrected chi connectivity index (χ4v) is 5.58. The van der Waals surface area contributed by atoms with Gasteiger partial charge in [-0.15, -0.1) is 0 Å². The summed E-state index contributed by atoms with van der Waals surface area (Å²) in [6.07, 6.45) is -1.61. The molecule has 3 N–H and O–H groups in total. The summed E-state index contributed by atoms with van der Waals surface area (Å²) in [4.78, 5) is 40.0. The highest BCUT2D eigenvalue weighted by molar-refractivity contribution is 7.90. The van der Waals surface area contributed by atoms with Crippen molar-refractivity contribution in [1.82, 2.24) is 9.55 Å². The van der Waals surface area contributed by atoms with Gasteiger partial charge in [0.15, 0.2) is 17.9 Å². The Morgan fingerprint density at radius 1 is 1.26 bits per heavy atom. The normalized spacial score (nSPS) is 27.3. The predicted octanol–water partition coefficient (Wildman–Crippen LogP) is 1.30. The molecule has 1 fully saturated rings. The van der Waals surface area contributed by atoms with Crippen LogP contribution < -0.4 is 17.0 Å². The number of nitrogens with zero attached hydrogens (tertiary/aromatic N) is 1. The van der Waals surface area contributed by atoms with Crippen molar-refractivity contribution in [3.63, 3.8) is 0 Å². The van der Waals surface area contributed by atoms with E-state index in [1.165, 1.54) is 25.3 Å². The first-order valence-corrected chi connectivity index (χ1v) is 12.6. The van der Waals surface area contributed by atoms with E-state index in [9.17, 15) is 22.8 Å². The molecule has 1 spiro atoms. The van der Waals surface area contributed by atoms with Crippen LogP contribution in [0.2, 0.25) is 0 Å². The fourth-order valence-electron chi connectivity index (χ4n) is 4.36. The first-order chi connectivity index (χ1) is 16.4. The second kappa shape index (κ2) is 9.10. The maximum Gasteiger partial charge on any atom is 0.338 e. The van der Waals surface area contributed by atoms with Gasteiger partial charge in [-0.25, -0.2) is 13.8 Å². The van der Waals surface area contributed by atoms with Gasteiger partial charge < -0.3 is 15.2 Å². The Morgan fingerprint density at radius 3 is 2.54 bits per heavy atom. The number of benzene rings is 1. The van der Waals surface area contributed by atoms with E-state index in [4.69, 9.17) is 19.4 Å². The van der Waals surface area contributed by atoms with Gasteiger partial charge in [-0.05, 0) is 37.8 Å². The molecule has 1 saturated heterocycles. The van der Waals surface area contributed by atoms with Crippen molar-refractivity contribution in [2.24, 2.45) is 11.7 Å². The average molecular weight is 506 g/mol. The molecule has 0 bridgehead atoms. The molecule has 1 aromatic heterocycles. The van der Waals surface area contributed by atoms with Crippen LogP contribution >= 0.6 is 0 Å². The number of esters is 1. The minimum Gasteiger partial charge on any atom is -0.450 e. The lowest BCUT2D eigenvalue weighted by Gasteiger charge is -2.33. The summed E-state index contributed by atoms with van der Waals surface area (Å²) < 4.78 is 43.6. The maximum atomic E-state index is 13.1. The molecule has 12 heteroatoms. The van der Waals surface area contributed by atoms with E-state index in [0.717, 1.165) is 9.98 Å². The number of carbonyl (C=O) groups excluding carboxylic acids is 1. The number of ether oxygens (including phenoxy) is 2. The SMILES string of the molecule is Cc1cn([C@@H]2O[C@H](CCC(C)C)C3(OS(=O)(=O)C=C3N)[C@H]2OC(=O)c2ccccc2)c(=O)[nH]c1=O. The molecule has 0 aliphatic carbocycles. The third-order valence-electron chi connectivity index (χ3n) is 6.11. The van der Waals surface area contributed by atoms with Gasteiger partial charge in [0.25, 0.3) is 15.7 Å². The van der Waals surface area contributed by atoms with Crippen LogP contribution in [0, 0.1) is 12.8 Å². The molecule has 2 aliphatic rings. The van der Waals surface area contributed by atoms with Crippen molar-refractivity contribution in [2.75, 3.05) is 0 Å². The van der Waals surface area contributed by atoms with Gasteiger partial charge >= 0.3 is 11.7 Å². The Morgan fingerprint density at radius 2 is 1.94 bits per heavy atom. The number of aromatic amines is 1. The van der Waals surface area contributed by atoms with Gasteiger partial charge in [0.05, 0.1) is 16.7 Å². The van der Waals surface area contributed by atoms with Crippen molar-refractivity contribution in [1.29, 1.82) is 0 Å². The summed E-state index contributed by atoms with van der Waals surface area (Å²) in [7, 11) is -4.23. The van der Waals surface area contributed by atoms with Crippen LogP contribution in [-0.2, 0) is 23.8 Å². The molecule has 2 aliphatic heterocycles. The van der Waals surface area contributed by atoms with Crippen molar-refractivity contribution < 1.29 is 26.9 Å².